The van der Waals surface area contributed by atoms with Crippen LogP contribution in [0.2, 0.25) is 10.0 Å². The number of hydrogen-bond acceptors (Lipinski definition) is 6. The predicted octanol–water partition coefficient (Wildman–Crippen LogP) is 2.37. The Bertz CT molecular complexity index is 1070. The maximum Gasteiger partial charge on any atom is 0.205 e. The molecule has 0 aliphatic rings. The van der Waals surface area contributed by atoms with Crippen molar-refractivity contribution in [2.45, 2.75) is 35.6 Å². The largest absolute Gasteiger partial charge is 0.288 e. The number of nitrogens with zero attached hydrogens (tertiary/aromatic N) is 1. The number of benzene rings is 1. The number of sulfone groups is 2. The van der Waals surface area contributed by atoms with Crippen LogP contribution in [0.3, 0.4) is 0 Å². The molecule has 0 saturated carbocycles. The molecule has 0 unspecified atom stereocenters. The van der Waals surface area contributed by atoms with Crippen LogP contribution in [0.1, 0.15) is 25.1 Å². The SMILES string of the molecule is CC(C)S(=O)(=O)c1cc(=O)c(CS(=O)(=O)Cc2cc(Cl)cc(Cl)c2)n[nH]1. The monoisotopic (exact) mass is 438 g/mol. The highest BCUT2D eigenvalue weighted by atomic mass is 35.5. The van der Waals surface area contributed by atoms with Crippen LogP contribution >= 0.6 is 23.2 Å². The Kier molecular flexibility index (Phi) is 6.17. The summed E-state index contributed by atoms with van der Waals surface area (Å²) >= 11 is 11.7. The first-order chi connectivity index (χ1) is 11.9. The van der Waals surface area contributed by atoms with Crippen LogP contribution in [0.25, 0.3) is 0 Å². The number of hydrogen-bond donors (Lipinski definition) is 1. The number of rotatable bonds is 6. The van der Waals surface area contributed by atoms with Crippen molar-refractivity contribution < 1.29 is 16.8 Å². The Labute approximate surface area is 161 Å². The predicted molar refractivity (Wildman–Crippen MR) is 100.0 cm³/mol. The Morgan fingerprint density at radius 3 is 2.08 bits per heavy atom. The van der Waals surface area contributed by atoms with Gasteiger partial charge in [-0.15, -0.1) is 0 Å². The van der Waals surface area contributed by atoms with Gasteiger partial charge < -0.3 is 0 Å². The standard InChI is InChI=1S/C15H16Cl2N2O5S2/c1-9(2)26(23,24)15-6-14(20)13(18-19-15)8-25(21,22)7-10-3-11(16)5-12(17)4-10/h3-6,9H,7-8H2,1-2H3,(H,19,20). The molecule has 1 aromatic carbocycles. The first kappa shape index (κ1) is 20.9. The zero-order valence-electron chi connectivity index (χ0n) is 13.9. The van der Waals surface area contributed by atoms with Gasteiger partial charge in [0.15, 0.2) is 24.7 Å². The topological polar surface area (TPSA) is 114 Å². The van der Waals surface area contributed by atoms with E-state index in [1.807, 2.05) is 0 Å². The summed E-state index contributed by atoms with van der Waals surface area (Å²) in [5, 5.41) is 5.39. The summed E-state index contributed by atoms with van der Waals surface area (Å²) in [5.74, 6) is -1.03. The van der Waals surface area contributed by atoms with Crippen LogP contribution in [0.15, 0.2) is 34.1 Å². The molecule has 0 spiro atoms. The summed E-state index contributed by atoms with van der Waals surface area (Å²) in [7, 11) is -7.47. The van der Waals surface area contributed by atoms with Gasteiger partial charge >= 0.3 is 0 Å². The van der Waals surface area contributed by atoms with Gasteiger partial charge in [-0.2, -0.15) is 5.10 Å². The van der Waals surface area contributed by atoms with E-state index in [-0.39, 0.29) is 16.5 Å². The van der Waals surface area contributed by atoms with Crippen molar-refractivity contribution in [3.63, 3.8) is 0 Å². The lowest BCUT2D eigenvalue weighted by Crippen LogP contribution is -2.23. The van der Waals surface area contributed by atoms with Crippen LogP contribution in [-0.4, -0.2) is 32.3 Å². The van der Waals surface area contributed by atoms with Crippen molar-refractivity contribution in [2.75, 3.05) is 0 Å². The fraction of sp³-hybridized carbons (Fsp3) is 0.333. The summed E-state index contributed by atoms with van der Waals surface area (Å²) in [6.07, 6.45) is 0. The maximum atomic E-state index is 12.3. The average molecular weight is 439 g/mol. The maximum absolute atomic E-state index is 12.3. The van der Waals surface area contributed by atoms with Gasteiger partial charge in [0, 0.05) is 16.1 Å². The smallest absolute Gasteiger partial charge is 0.205 e. The van der Waals surface area contributed by atoms with E-state index in [0.717, 1.165) is 6.07 Å². The molecular formula is C15H16Cl2N2O5S2. The molecule has 0 saturated heterocycles. The molecular weight excluding hydrogens is 423 g/mol. The van der Waals surface area contributed by atoms with Gasteiger partial charge in [-0.3, -0.25) is 9.89 Å². The average Bonchev–Trinajstić information content (AvgIpc) is 2.47. The van der Waals surface area contributed by atoms with E-state index in [1.165, 1.54) is 32.0 Å². The van der Waals surface area contributed by atoms with Crippen LogP contribution in [0.5, 0.6) is 0 Å². The minimum Gasteiger partial charge on any atom is -0.288 e. The van der Waals surface area contributed by atoms with E-state index in [9.17, 15) is 21.6 Å². The Morgan fingerprint density at radius 2 is 1.58 bits per heavy atom. The van der Waals surface area contributed by atoms with Gasteiger partial charge in [0.05, 0.1) is 16.8 Å². The molecule has 1 N–H and O–H groups in total. The lowest BCUT2D eigenvalue weighted by atomic mass is 10.2. The third-order valence-electron chi connectivity index (χ3n) is 3.44. The van der Waals surface area contributed by atoms with Crippen molar-refractivity contribution in [1.82, 2.24) is 10.2 Å². The number of H-pyrrole nitrogens is 1. The molecule has 0 amide bonds. The van der Waals surface area contributed by atoms with Crippen LogP contribution in [0.4, 0.5) is 0 Å². The normalized spacial score (nSPS) is 12.5. The summed E-state index contributed by atoms with van der Waals surface area (Å²) in [6.45, 7) is 2.92. The first-order valence-electron chi connectivity index (χ1n) is 7.38. The van der Waals surface area contributed by atoms with Crippen molar-refractivity contribution in [2.24, 2.45) is 0 Å². The van der Waals surface area contributed by atoms with E-state index >= 15 is 0 Å². The third kappa shape index (κ3) is 5.06. The molecule has 2 rings (SSSR count). The molecule has 26 heavy (non-hydrogen) atoms. The second-order valence-corrected chi connectivity index (χ2v) is 11.4. The second kappa shape index (κ2) is 7.67. The zero-order valence-corrected chi connectivity index (χ0v) is 17.0. The minimum atomic E-state index is -3.76. The molecule has 0 bridgehead atoms. The van der Waals surface area contributed by atoms with Crippen molar-refractivity contribution >= 4 is 42.9 Å². The van der Waals surface area contributed by atoms with E-state index in [1.54, 1.807) is 0 Å². The fourth-order valence-corrected chi connectivity index (χ4v) is 5.05. The summed E-state index contributed by atoms with van der Waals surface area (Å²) in [6, 6.07) is 5.24. The molecule has 0 radical (unpaired) electrons. The van der Waals surface area contributed by atoms with Crippen molar-refractivity contribution in [1.29, 1.82) is 0 Å². The third-order valence-corrected chi connectivity index (χ3v) is 7.43. The number of aromatic nitrogens is 2. The van der Waals surface area contributed by atoms with Gasteiger partial charge in [-0.1, -0.05) is 23.2 Å². The summed E-state index contributed by atoms with van der Waals surface area (Å²) < 4.78 is 48.7. The minimum absolute atomic E-state index is 0.291. The zero-order chi connectivity index (χ0) is 19.7. The van der Waals surface area contributed by atoms with E-state index < -0.39 is 36.1 Å². The molecule has 0 aliphatic heterocycles. The highest BCUT2D eigenvalue weighted by Crippen LogP contribution is 2.21. The lowest BCUT2D eigenvalue weighted by Gasteiger charge is -2.08. The molecule has 11 heteroatoms. The summed E-state index contributed by atoms with van der Waals surface area (Å²) in [4.78, 5) is 12.1. The molecule has 0 atom stereocenters. The Morgan fingerprint density at radius 1 is 1.00 bits per heavy atom. The highest BCUT2D eigenvalue weighted by Gasteiger charge is 2.23. The van der Waals surface area contributed by atoms with Crippen LogP contribution in [0, 0.1) is 0 Å². The number of aromatic amines is 1. The number of halogens is 2. The Hall–Kier alpha value is -1.42. The molecule has 2 aromatic rings. The fourth-order valence-electron chi connectivity index (χ4n) is 2.12. The van der Waals surface area contributed by atoms with Crippen molar-refractivity contribution in [3.05, 3.63) is 55.8 Å². The van der Waals surface area contributed by atoms with Crippen molar-refractivity contribution in [3.8, 4) is 0 Å². The second-order valence-electron chi connectivity index (χ2n) is 5.95. The van der Waals surface area contributed by atoms with Gasteiger partial charge in [0.1, 0.15) is 5.69 Å². The quantitative estimate of drug-likeness (QED) is 0.739. The molecule has 0 fully saturated rings. The van der Waals surface area contributed by atoms with Gasteiger partial charge in [-0.05, 0) is 37.6 Å². The highest BCUT2D eigenvalue weighted by molar-refractivity contribution is 7.92. The van der Waals surface area contributed by atoms with E-state index in [0.29, 0.717) is 15.6 Å². The number of nitrogens with one attached hydrogen (secondary N) is 1. The van der Waals surface area contributed by atoms with Gasteiger partial charge in [0.2, 0.25) is 5.43 Å². The molecule has 0 aliphatic carbocycles. The molecule has 1 heterocycles. The first-order valence-corrected chi connectivity index (χ1v) is 11.5. The van der Waals surface area contributed by atoms with E-state index in [2.05, 4.69) is 10.2 Å². The molecule has 7 nitrogen and oxygen atoms in total. The van der Waals surface area contributed by atoms with Crippen LogP contribution in [-0.2, 0) is 31.2 Å². The Balaban J connectivity index is 2.28. The molecule has 142 valence electrons. The summed E-state index contributed by atoms with van der Waals surface area (Å²) in [5.41, 5.74) is -0.686. The van der Waals surface area contributed by atoms with Crippen LogP contribution < -0.4 is 5.43 Å². The lowest BCUT2D eigenvalue weighted by molar-refractivity contribution is 0.580. The van der Waals surface area contributed by atoms with E-state index in [4.69, 9.17) is 23.2 Å². The molecule has 1 aromatic heterocycles. The van der Waals surface area contributed by atoms with Gasteiger partial charge in [-0.25, -0.2) is 16.8 Å². The van der Waals surface area contributed by atoms with Gasteiger partial charge in [0.25, 0.3) is 0 Å².